The summed E-state index contributed by atoms with van der Waals surface area (Å²) in [6.07, 6.45) is 0.642. The minimum absolute atomic E-state index is 0.00274. The van der Waals surface area contributed by atoms with Gasteiger partial charge in [0, 0.05) is 31.0 Å². The molecule has 1 heterocycles. The first-order valence-corrected chi connectivity index (χ1v) is 15.2. The molecule has 0 bridgehead atoms. The Balaban J connectivity index is 1.27. The Bertz CT molecular complexity index is 1620. The fourth-order valence-electron chi connectivity index (χ4n) is 6.12. The van der Waals surface area contributed by atoms with Crippen molar-refractivity contribution in [2.45, 2.75) is 45.2 Å². The molecule has 1 aliphatic heterocycles. The maximum Gasteiger partial charge on any atom is 0.119 e. The third-order valence-electron chi connectivity index (χ3n) is 8.48. The van der Waals surface area contributed by atoms with Crippen molar-refractivity contribution >= 4 is 5.71 Å². The number of nitrogens with zero attached hydrogens (tertiary/aromatic N) is 2. The summed E-state index contributed by atoms with van der Waals surface area (Å²) in [5.74, 6) is 1.67. The van der Waals surface area contributed by atoms with E-state index in [2.05, 4.69) is 95.8 Å². The molecule has 0 amide bonds. The number of hydrogen-bond acceptors (Lipinski definition) is 5. The summed E-state index contributed by atoms with van der Waals surface area (Å²) in [7, 11) is 0. The minimum atomic E-state index is -0.00274. The third-order valence-corrected chi connectivity index (χ3v) is 8.48. The Kier molecular flexibility index (Phi) is 9.34. The molecule has 3 atom stereocenters. The van der Waals surface area contributed by atoms with Crippen LogP contribution in [-0.2, 0) is 19.8 Å². The molecule has 0 radical (unpaired) electrons. The molecule has 0 aliphatic carbocycles. The molecule has 44 heavy (non-hydrogen) atoms. The van der Waals surface area contributed by atoms with Crippen molar-refractivity contribution in [3.8, 4) is 11.5 Å². The zero-order valence-electron chi connectivity index (χ0n) is 25.0. The van der Waals surface area contributed by atoms with Crippen LogP contribution in [0, 0.1) is 5.92 Å². The molecule has 5 aromatic rings. The van der Waals surface area contributed by atoms with Gasteiger partial charge in [-0.15, -0.1) is 0 Å². The standard InChI is InChI=1S/C39H38N2O3/c1-29-37(40-42)25-38(33-17-21-35(22-18-33)43-27-31-13-7-3-8-14-31)41(26-30-11-5-2-6-12-30)39(29)34-19-23-36(24-20-34)44-28-32-15-9-4-10-16-32/h2-24,29,38-39,42H,25-28H2,1H3. The number of piperidine rings is 1. The smallest absolute Gasteiger partial charge is 0.119 e. The number of benzene rings is 5. The monoisotopic (exact) mass is 582 g/mol. The average molecular weight is 583 g/mol. The highest BCUT2D eigenvalue weighted by molar-refractivity contribution is 5.88. The molecule has 1 N–H and O–H groups in total. The molecule has 1 saturated heterocycles. The normalized spacial score (nSPS) is 19.5. The Hall–Kier alpha value is -4.87. The van der Waals surface area contributed by atoms with Gasteiger partial charge < -0.3 is 14.7 Å². The fraction of sp³-hybridized carbons (Fsp3) is 0.205. The molecule has 0 aromatic heterocycles. The van der Waals surface area contributed by atoms with E-state index in [4.69, 9.17) is 9.47 Å². The van der Waals surface area contributed by atoms with Crippen LogP contribution in [0.2, 0.25) is 0 Å². The van der Waals surface area contributed by atoms with Crippen molar-refractivity contribution in [2.75, 3.05) is 0 Å². The number of hydrogen-bond donors (Lipinski definition) is 1. The lowest BCUT2D eigenvalue weighted by atomic mass is 9.79. The van der Waals surface area contributed by atoms with Crippen LogP contribution in [0.5, 0.6) is 11.5 Å². The largest absolute Gasteiger partial charge is 0.489 e. The van der Waals surface area contributed by atoms with Crippen molar-refractivity contribution in [1.29, 1.82) is 0 Å². The second-order valence-corrected chi connectivity index (χ2v) is 11.4. The molecule has 5 heteroatoms. The molecule has 6 rings (SSSR count). The van der Waals surface area contributed by atoms with Gasteiger partial charge in [0.05, 0.1) is 5.71 Å². The second-order valence-electron chi connectivity index (χ2n) is 11.4. The highest BCUT2D eigenvalue weighted by Crippen LogP contribution is 2.45. The second kappa shape index (κ2) is 14.1. The molecular formula is C39H38N2O3. The van der Waals surface area contributed by atoms with Crippen LogP contribution < -0.4 is 9.47 Å². The topological polar surface area (TPSA) is 54.3 Å². The zero-order valence-corrected chi connectivity index (χ0v) is 25.0. The summed E-state index contributed by atoms with van der Waals surface area (Å²) in [5, 5.41) is 14.0. The van der Waals surface area contributed by atoms with Gasteiger partial charge in [0.25, 0.3) is 0 Å². The summed E-state index contributed by atoms with van der Waals surface area (Å²) >= 11 is 0. The Labute approximate surface area is 260 Å². The number of likely N-dealkylation sites (tertiary alicyclic amines) is 1. The maximum absolute atomic E-state index is 10.1. The van der Waals surface area contributed by atoms with E-state index < -0.39 is 0 Å². The van der Waals surface area contributed by atoms with Crippen molar-refractivity contribution in [2.24, 2.45) is 11.1 Å². The summed E-state index contributed by atoms with van der Waals surface area (Å²) in [6, 6.07) is 47.7. The highest BCUT2D eigenvalue weighted by atomic mass is 16.5. The SMILES string of the molecule is CC1C(=NO)CC(c2ccc(OCc3ccccc3)cc2)N(Cc2ccccc2)C1c1ccc(OCc2ccccc2)cc1. The molecule has 3 unspecified atom stereocenters. The van der Waals surface area contributed by atoms with Crippen molar-refractivity contribution < 1.29 is 14.7 Å². The van der Waals surface area contributed by atoms with E-state index >= 15 is 0 Å². The van der Waals surface area contributed by atoms with Gasteiger partial charge in [0.15, 0.2) is 0 Å². The van der Waals surface area contributed by atoms with E-state index in [1.807, 2.05) is 60.7 Å². The fourth-order valence-corrected chi connectivity index (χ4v) is 6.12. The van der Waals surface area contributed by atoms with Crippen LogP contribution in [0.1, 0.15) is 53.2 Å². The maximum atomic E-state index is 10.1. The molecule has 1 aliphatic rings. The van der Waals surface area contributed by atoms with Crippen LogP contribution in [0.15, 0.2) is 145 Å². The first-order valence-electron chi connectivity index (χ1n) is 15.2. The van der Waals surface area contributed by atoms with Gasteiger partial charge in [-0.1, -0.05) is 127 Å². The van der Waals surface area contributed by atoms with Crippen LogP contribution in [0.3, 0.4) is 0 Å². The van der Waals surface area contributed by atoms with Crippen molar-refractivity contribution in [1.82, 2.24) is 4.90 Å². The predicted molar refractivity (Wildman–Crippen MR) is 175 cm³/mol. The average Bonchev–Trinajstić information content (AvgIpc) is 3.09. The van der Waals surface area contributed by atoms with E-state index in [-0.39, 0.29) is 18.0 Å². The molecule has 222 valence electrons. The van der Waals surface area contributed by atoms with E-state index in [1.54, 1.807) is 0 Å². The minimum Gasteiger partial charge on any atom is -0.489 e. The molecule has 0 spiro atoms. The summed E-state index contributed by atoms with van der Waals surface area (Å²) in [4.78, 5) is 2.55. The Morgan fingerprint density at radius 3 is 1.55 bits per heavy atom. The van der Waals surface area contributed by atoms with Crippen LogP contribution in [0.4, 0.5) is 0 Å². The van der Waals surface area contributed by atoms with Gasteiger partial charge in [0.2, 0.25) is 0 Å². The van der Waals surface area contributed by atoms with Gasteiger partial charge in [-0.25, -0.2) is 0 Å². The number of ether oxygens (including phenoxy) is 2. The summed E-state index contributed by atoms with van der Waals surface area (Å²) < 4.78 is 12.2. The zero-order chi connectivity index (χ0) is 30.1. The number of oxime groups is 1. The summed E-state index contributed by atoms with van der Waals surface area (Å²) in [5.41, 5.74) is 6.63. The van der Waals surface area contributed by atoms with Crippen molar-refractivity contribution in [3.05, 3.63) is 167 Å². The van der Waals surface area contributed by atoms with E-state index in [0.717, 1.165) is 46.0 Å². The highest BCUT2D eigenvalue weighted by Gasteiger charge is 2.40. The lowest BCUT2D eigenvalue weighted by Crippen LogP contribution is -2.44. The predicted octanol–water partition coefficient (Wildman–Crippen LogP) is 9.00. The van der Waals surface area contributed by atoms with Gasteiger partial charge in [0.1, 0.15) is 24.7 Å². The Morgan fingerprint density at radius 2 is 1.07 bits per heavy atom. The van der Waals surface area contributed by atoms with E-state index in [1.165, 1.54) is 5.56 Å². The molecule has 0 saturated carbocycles. The molecule has 5 aromatic carbocycles. The van der Waals surface area contributed by atoms with Gasteiger partial charge in [-0.3, -0.25) is 4.90 Å². The molecule has 1 fully saturated rings. The van der Waals surface area contributed by atoms with Crippen molar-refractivity contribution in [3.63, 3.8) is 0 Å². The van der Waals surface area contributed by atoms with E-state index in [9.17, 15) is 5.21 Å². The molecular weight excluding hydrogens is 544 g/mol. The first-order chi connectivity index (χ1) is 21.7. The number of rotatable bonds is 10. The molecule has 5 nitrogen and oxygen atoms in total. The first kappa shape index (κ1) is 29.2. The van der Waals surface area contributed by atoms with Crippen LogP contribution in [0.25, 0.3) is 0 Å². The Morgan fingerprint density at radius 1 is 0.614 bits per heavy atom. The summed E-state index contributed by atoms with van der Waals surface area (Å²) in [6.45, 7) is 3.97. The van der Waals surface area contributed by atoms with Gasteiger partial charge >= 0.3 is 0 Å². The quantitative estimate of drug-likeness (QED) is 0.132. The van der Waals surface area contributed by atoms with Crippen LogP contribution in [-0.4, -0.2) is 15.8 Å². The third kappa shape index (κ3) is 7.01. The van der Waals surface area contributed by atoms with Crippen LogP contribution >= 0.6 is 0 Å². The van der Waals surface area contributed by atoms with Gasteiger partial charge in [-0.05, 0) is 52.1 Å². The lowest BCUT2D eigenvalue weighted by Gasteiger charge is -2.46. The lowest BCUT2D eigenvalue weighted by molar-refractivity contribution is 0.0848. The van der Waals surface area contributed by atoms with E-state index in [0.29, 0.717) is 19.6 Å². The van der Waals surface area contributed by atoms with Gasteiger partial charge in [-0.2, -0.15) is 0 Å².